The third-order valence-corrected chi connectivity index (χ3v) is 9.10. The van der Waals surface area contributed by atoms with Crippen molar-refractivity contribution in [2.45, 2.75) is 31.8 Å². The number of carbonyl (C=O) groups excluding carboxylic acids is 1. The highest BCUT2D eigenvalue weighted by molar-refractivity contribution is 6.31. The molecular weight excluding hydrogens is 604 g/mol. The number of nitrogens with two attached hydrogens (primary N) is 1. The number of nitrogen functional groups attached to an aromatic ring is 1. The Morgan fingerprint density at radius 3 is 2.72 bits per heavy atom. The number of fused-ring (bicyclic) bond motifs is 2. The van der Waals surface area contributed by atoms with E-state index in [1.54, 1.807) is 23.1 Å². The second-order valence-electron chi connectivity index (χ2n) is 11.7. The second kappa shape index (κ2) is 12.4. The van der Waals surface area contributed by atoms with Crippen molar-refractivity contribution in [2.75, 3.05) is 25.4 Å². The van der Waals surface area contributed by atoms with Gasteiger partial charge in [0.1, 0.15) is 18.4 Å². The van der Waals surface area contributed by atoms with E-state index in [4.69, 9.17) is 27.2 Å². The molecule has 3 aromatic heterocycles. The van der Waals surface area contributed by atoms with Crippen LogP contribution in [0, 0.1) is 11.3 Å². The summed E-state index contributed by atoms with van der Waals surface area (Å²) in [5.41, 5.74) is 12.5. The van der Waals surface area contributed by atoms with Crippen LogP contribution in [0.2, 0.25) is 5.02 Å². The van der Waals surface area contributed by atoms with Gasteiger partial charge in [0.25, 0.3) is 0 Å². The molecule has 12 heteroatoms. The number of piperidine rings is 1. The highest BCUT2D eigenvalue weighted by Crippen LogP contribution is 2.36. The van der Waals surface area contributed by atoms with E-state index in [0.717, 1.165) is 23.4 Å². The lowest BCUT2D eigenvalue weighted by Gasteiger charge is -2.32. The molecule has 1 amide bonds. The van der Waals surface area contributed by atoms with Gasteiger partial charge in [-0.3, -0.25) is 9.36 Å². The molecule has 1 aliphatic carbocycles. The fourth-order valence-electron chi connectivity index (χ4n) is 6.41. The minimum absolute atomic E-state index is 0.0378. The second-order valence-corrected chi connectivity index (χ2v) is 12.2. The number of likely N-dealkylation sites (tertiary alicyclic amines) is 1. The van der Waals surface area contributed by atoms with Gasteiger partial charge in [0.15, 0.2) is 11.4 Å². The van der Waals surface area contributed by atoms with E-state index in [1.807, 2.05) is 28.8 Å². The summed E-state index contributed by atoms with van der Waals surface area (Å²) in [6.07, 6.45) is 8.90. The average Bonchev–Trinajstić information content (AvgIpc) is 3.60. The molecule has 4 heterocycles. The number of allylic oxidation sites excluding steroid dienone is 3. The van der Waals surface area contributed by atoms with Gasteiger partial charge in [-0.1, -0.05) is 54.1 Å². The molecule has 4 N–H and O–H groups in total. The SMILES string of the molecule is N=C1C=C(c2cc(C3CCN(C(=O)Cn4c(=O)oc5ccc(Cl)cc54)CC3)n3ncnc(N)c23)C=CC1CNCc1ccccc1. The fourth-order valence-corrected chi connectivity index (χ4v) is 6.57. The quantitative estimate of drug-likeness (QED) is 0.224. The summed E-state index contributed by atoms with van der Waals surface area (Å²) < 4.78 is 8.48. The number of aromatic nitrogens is 4. The first-order valence-electron chi connectivity index (χ1n) is 15.3. The molecule has 11 nitrogen and oxygen atoms in total. The molecule has 7 rings (SSSR count). The Morgan fingerprint density at radius 1 is 1.13 bits per heavy atom. The highest BCUT2D eigenvalue weighted by Gasteiger charge is 2.29. The first-order valence-corrected chi connectivity index (χ1v) is 15.7. The van der Waals surface area contributed by atoms with Gasteiger partial charge in [-0.05, 0) is 54.3 Å². The number of halogens is 1. The molecular formula is C34H33ClN8O3. The van der Waals surface area contributed by atoms with Crippen molar-refractivity contribution < 1.29 is 9.21 Å². The molecule has 46 heavy (non-hydrogen) atoms. The Kier molecular flexibility index (Phi) is 8.02. The number of amides is 1. The van der Waals surface area contributed by atoms with Crippen LogP contribution < -0.4 is 16.8 Å². The van der Waals surface area contributed by atoms with Gasteiger partial charge in [0.05, 0.1) is 5.52 Å². The summed E-state index contributed by atoms with van der Waals surface area (Å²) in [5, 5.41) is 17.2. The molecule has 2 aliphatic rings. The average molecular weight is 637 g/mol. The van der Waals surface area contributed by atoms with Crippen LogP contribution in [-0.2, 0) is 17.9 Å². The minimum Gasteiger partial charge on any atom is -0.408 e. The standard InChI is InChI=1S/C34H33ClN8O3/c35-25-8-9-30-29(15-25)42(34(45)46-30)19-31(44)41-12-10-22(11-13-41)28-16-26(32-33(37)39-20-40-43(28)32)23-6-7-24(27(36)14-23)18-38-17-21-4-2-1-3-5-21/h1-9,14-16,20,22,24,36,38H,10-13,17-19H2,(H2,37,39,40). The summed E-state index contributed by atoms with van der Waals surface area (Å²) in [6, 6.07) is 17.2. The Balaban J connectivity index is 1.05. The molecule has 0 saturated carbocycles. The Labute approximate surface area is 269 Å². The van der Waals surface area contributed by atoms with Gasteiger partial charge in [-0.15, -0.1) is 0 Å². The monoisotopic (exact) mass is 636 g/mol. The van der Waals surface area contributed by atoms with Gasteiger partial charge < -0.3 is 25.8 Å². The molecule has 2 aromatic carbocycles. The lowest BCUT2D eigenvalue weighted by molar-refractivity contribution is -0.132. The summed E-state index contributed by atoms with van der Waals surface area (Å²) in [6.45, 7) is 2.35. The molecule has 1 unspecified atom stereocenters. The van der Waals surface area contributed by atoms with Crippen molar-refractivity contribution in [3.05, 3.63) is 112 Å². The summed E-state index contributed by atoms with van der Waals surface area (Å²) >= 11 is 6.12. The molecule has 234 valence electrons. The normalized spacial score (nSPS) is 17.2. The van der Waals surface area contributed by atoms with E-state index in [2.05, 4.69) is 45.8 Å². The Morgan fingerprint density at radius 2 is 1.93 bits per heavy atom. The third-order valence-electron chi connectivity index (χ3n) is 8.86. The number of benzene rings is 2. The molecule has 0 bridgehead atoms. The first-order chi connectivity index (χ1) is 22.4. The van der Waals surface area contributed by atoms with E-state index in [0.29, 0.717) is 65.6 Å². The topological polar surface area (TPSA) is 148 Å². The maximum atomic E-state index is 13.3. The molecule has 1 fully saturated rings. The van der Waals surface area contributed by atoms with Crippen LogP contribution in [0.25, 0.3) is 22.2 Å². The predicted molar refractivity (Wildman–Crippen MR) is 178 cm³/mol. The van der Waals surface area contributed by atoms with Gasteiger partial charge in [-0.25, -0.2) is 14.3 Å². The third kappa shape index (κ3) is 5.75. The van der Waals surface area contributed by atoms with E-state index < -0.39 is 5.76 Å². The molecule has 1 aliphatic heterocycles. The zero-order valence-corrected chi connectivity index (χ0v) is 25.8. The van der Waals surface area contributed by atoms with Crippen LogP contribution >= 0.6 is 11.6 Å². The van der Waals surface area contributed by atoms with Crippen LogP contribution in [0.15, 0.2) is 88.4 Å². The van der Waals surface area contributed by atoms with E-state index in [-0.39, 0.29) is 24.3 Å². The van der Waals surface area contributed by atoms with Crippen LogP contribution in [0.5, 0.6) is 0 Å². The van der Waals surface area contributed by atoms with Crippen molar-refractivity contribution in [2.24, 2.45) is 5.92 Å². The van der Waals surface area contributed by atoms with Gasteiger partial charge in [-0.2, -0.15) is 5.10 Å². The minimum atomic E-state index is -0.584. The number of oxazole rings is 1. The molecule has 5 aromatic rings. The van der Waals surface area contributed by atoms with E-state index in [9.17, 15) is 9.59 Å². The smallest absolute Gasteiger partial charge is 0.408 e. The highest BCUT2D eigenvalue weighted by atomic mass is 35.5. The Bertz CT molecular complexity index is 2070. The van der Waals surface area contributed by atoms with Gasteiger partial charge >= 0.3 is 5.76 Å². The zero-order chi connectivity index (χ0) is 31.8. The fraction of sp³-hybridized carbons (Fsp3) is 0.265. The molecule has 1 saturated heterocycles. The van der Waals surface area contributed by atoms with Gasteiger partial charge in [0, 0.05) is 60.0 Å². The van der Waals surface area contributed by atoms with E-state index >= 15 is 0 Å². The molecule has 0 radical (unpaired) electrons. The van der Waals surface area contributed by atoms with Crippen molar-refractivity contribution in [1.82, 2.24) is 29.4 Å². The first kappa shape index (κ1) is 29.7. The van der Waals surface area contributed by atoms with Crippen LogP contribution in [-0.4, -0.2) is 55.3 Å². The number of nitrogens with zero attached hydrogens (tertiary/aromatic N) is 5. The van der Waals surface area contributed by atoms with Crippen LogP contribution in [0.4, 0.5) is 5.82 Å². The lowest BCUT2D eigenvalue weighted by atomic mass is 9.90. The number of nitrogens with one attached hydrogen (secondary N) is 2. The number of carbonyl (C=O) groups is 1. The van der Waals surface area contributed by atoms with Crippen LogP contribution in [0.3, 0.4) is 0 Å². The maximum Gasteiger partial charge on any atom is 0.420 e. The summed E-state index contributed by atoms with van der Waals surface area (Å²) in [7, 11) is 0. The van der Waals surface area contributed by atoms with Crippen LogP contribution in [0.1, 0.15) is 35.6 Å². The lowest BCUT2D eigenvalue weighted by Crippen LogP contribution is -2.40. The molecule has 1 atom stereocenters. The van der Waals surface area contributed by atoms with Gasteiger partial charge in [0.2, 0.25) is 5.91 Å². The predicted octanol–water partition coefficient (Wildman–Crippen LogP) is 4.66. The Hall–Kier alpha value is -5.00. The number of hydrogen-bond donors (Lipinski definition) is 3. The van der Waals surface area contributed by atoms with Crippen molar-refractivity contribution >= 4 is 51.2 Å². The summed E-state index contributed by atoms with van der Waals surface area (Å²) in [4.78, 5) is 31.8. The zero-order valence-electron chi connectivity index (χ0n) is 25.0. The maximum absolute atomic E-state index is 13.3. The number of hydrogen-bond acceptors (Lipinski definition) is 8. The van der Waals surface area contributed by atoms with Crippen molar-refractivity contribution in [3.63, 3.8) is 0 Å². The van der Waals surface area contributed by atoms with Crippen molar-refractivity contribution in [3.8, 4) is 0 Å². The number of rotatable bonds is 8. The van der Waals surface area contributed by atoms with E-state index in [1.165, 1.54) is 16.5 Å². The number of anilines is 1. The largest absolute Gasteiger partial charge is 0.420 e. The van der Waals surface area contributed by atoms with Crippen molar-refractivity contribution in [1.29, 1.82) is 5.41 Å². The summed E-state index contributed by atoms with van der Waals surface area (Å²) in [5.74, 6) is -0.282. The molecule has 0 spiro atoms.